The summed E-state index contributed by atoms with van der Waals surface area (Å²) in [5.41, 5.74) is 1.32. The molecule has 0 unspecified atom stereocenters. The first-order chi connectivity index (χ1) is 10.7. The summed E-state index contributed by atoms with van der Waals surface area (Å²) in [4.78, 5) is 4.39. The second-order valence-corrected chi connectivity index (χ2v) is 5.25. The molecule has 6 heteroatoms. The molecule has 23 heavy (non-hydrogen) atoms. The number of aliphatic imine (C=N–C) groups is 1. The highest BCUT2D eigenvalue weighted by Gasteiger charge is 2.00. The summed E-state index contributed by atoms with van der Waals surface area (Å²) < 4.78 is 10.7. The highest BCUT2D eigenvalue weighted by atomic mass is 127. The molecule has 0 saturated heterocycles. The van der Waals surface area contributed by atoms with E-state index in [0.29, 0.717) is 32.2 Å². The number of rotatable bonds is 9. The molecule has 0 saturated carbocycles. The fraction of sp³-hybridized carbons (Fsp3) is 0.588. The van der Waals surface area contributed by atoms with E-state index in [9.17, 15) is 0 Å². The molecule has 0 bridgehead atoms. The minimum atomic E-state index is 0. The molecule has 0 heterocycles. The molecule has 0 aliphatic carbocycles. The van der Waals surface area contributed by atoms with Crippen molar-refractivity contribution in [1.82, 2.24) is 10.6 Å². The number of benzene rings is 1. The largest absolute Gasteiger partial charge is 0.492 e. The summed E-state index contributed by atoms with van der Waals surface area (Å²) in [6.07, 6.45) is 0. The van der Waals surface area contributed by atoms with E-state index in [1.165, 1.54) is 5.56 Å². The van der Waals surface area contributed by atoms with E-state index in [1.54, 1.807) is 7.11 Å². The van der Waals surface area contributed by atoms with Gasteiger partial charge in [0.15, 0.2) is 5.96 Å². The molecule has 0 spiro atoms. The van der Waals surface area contributed by atoms with Crippen molar-refractivity contribution in [3.63, 3.8) is 0 Å². The second kappa shape index (κ2) is 13.4. The lowest BCUT2D eigenvalue weighted by atomic mass is 10.0. The van der Waals surface area contributed by atoms with Crippen LogP contribution in [-0.4, -0.2) is 45.9 Å². The van der Waals surface area contributed by atoms with Crippen LogP contribution in [0, 0.1) is 0 Å². The minimum absolute atomic E-state index is 0. The van der Waals surface area contributed by atoms with Crippen LogP contribution < -0.4 is 15.4 Å². The summed E-state index contributed by atoms with van der Waals surface area (Å²) in [5.74, 6) is 2.23. The smallest absolute Gasteiger partial charge is 0.191 e. The molecule has 0 aliphatic rings. The third-order valence-electron chi connectivity index (χ3n) is 3.12. The van der Waals surface area contributed by atoms with Crippen molar-refractivity contribution < 1.29 is 9.47 Å². The maximum absolute atomic E-state index is 5.72. The molecule has 0 atom stereocenters. The molecule has 2 N–H and O–H groups in total. The second-order valence-electron chi connectivity index (χ2n) is 5.25. The number of guanidine groups is 1. The molecule has 0 aliphatic heterocycles. The summed E-state index contributed by atoms with van der Waals surface area (Å²) in [6, 6.07) is 8.27. The van der Waals surface area contributed by atoms with Crippen LogP contribution in [0.5, 0.6) is 5.75 Å². The van der Waals surface area contributed by atoms with E-state index in [-0.39, 0.29) is 24.0 Å². The van der Waals surface area contributed by atoms with E-state index < -0.39 is 0 Å². The van der Waals surface area contributed by atoms with E-state index in [0.717, 1.165) is 18.3 Å². The Morgan fingerprint density at radius 3 is 2.39 bits per heavy atom. The normalized spacial score (nSPS) is 11.1. The van der Waals surface area contributed by atoms with Gasteiger partial charge in [0.2, 0.25) is 0 Å². The first kappa shape index (κ1) is 22.0. The monoisotopic (exact) mass is 435 g/mol. The maximum atomic E-state index is 5.72. The molecular weight excluding hydrogens is 405 g/mol. The number of hydrogen-bond donors (Lipinski definition) is 2. The average molecular weight is 435 g/mol. The van der Waals surface area contributed by atoms with Gasteiger partial charge in [0.25, 0.3) is 0 Å². The third-order valence-corrected chi connectivity index (χ3v) is 3.12. The lowest BCUT2D eigenvalue weighted by Crippen LogP contribution is -2.39. The van der Waals surface area contributed by atoms with Crippen molar-refractivity contribution in [2.24, 2.45) is 4.99 Å². The first-order valence-electron chi connectivity index (χ1n) is 7.91. The van der Waals surface area contributed by atoms with Crippen molar-refractivity contribution in [2.75, 3.05) is 40.0 Å². The van der Waals surface area contributed by atoms with Crippen LogP contribution in [-0.2, 0) is 4.74 Å². The average Bonchev–Trinajstić information content (AvgIpc) is 2.52. The van der Waals surface area contributed by atoms with Gasteiger partial charge in [0, 0.05) is 13.7 Å². The van der Waals surface area contributed by atoms with E-state index in [4.69, 9.17) is 9.47 Å². The fourth-order valence-electron chi connectivity index (χ4n) is 1.88. The summed E-state index contributed by atoms with van der Waals surface area (Å²) in [6.45, 7) is 9.80. The number of halogens is 1. The molecule has 0 aromatic heterocycles. The van der Waals surface area contributed by atoms with Crippen molar-refractivity contribution >= 4 is 29.9 Å². The highest BCUT2D eigenvalue weighted by Crippen LogP contribution is 2.18. The standard InChI is InChI=1S/C17H29N3O2.HI/c1-5-18-17(19-10-12-21-4)20-11-13-22-16-8-6-15(7-9-16)14(2)3;/h6-9,14H,5,10-13H2,1-4H3,(H2,18,19,20);1H. The van der Waals surface area contributed by atoms with Crippen molar-refractivity contribution in [3.8, 4) is 5.75 Å². The zero-order chi connectivity index (χ0) is 16.2. The zero-order valence-corrected chi connectivity index (χ0v) is 16.9. The van der Waals surface area contributed by atoms with Gasteiger partial charge in [0.05, 0.1) is 19.7 Å². The number of nitrogens with one attached hydrogen (secondary N) is 2. The van der Waals surface area contributed by atoms with Gasteiger partial charge >= 0.3 is 0 Å². The van der Waals surface area contributed by atoms with Crippen LogP contribution in [0.3, 0.4) is 0 Å². The Morgan fingerprint density at radius 2 is 1.83 bits per heavy atom. The highest BCUT2D eigenvalue weighted by molar-refractivity contribution is 14.0. The van der Waals surface area contributed by atoms with Gasteiger partial charge in [-0.3, -0.25) is 4.99 Å². The van der Waals surface area contributed by atoms with Crippen LogP contribution in [0.1, 0.15) is 32.3 Å². The number of ether oxygens (including phenoxy) is 2. The van der Waals surface area contributed by atoms with Crippen LogP contribution in [0.4, 0.5) is 0 Å². The van der Waals surface area contributed by atoms with E-state index in [2.05, 4.69) is 41.6 Å². The lowest BCUT2D eigenvalue weighted by molar-refractivity contribution is 0.208. The Bertz CT molecular complexity index is 436. The summed E-state index contributed by atoms with van der Waals surface area (Å²) in [5, 5.41) is 6.43. The fourth-order valence-corrected chi connectivity index (χ4v) is 1.88. The predicted octanol–water partition coefficient (Wildman–Crippen LogP) is 3.01. The van der Waals surface area contributed by atoms with Gasteiger partial charge in [0.1, 0.15) is 12.4 Å². The first-order valence-corrected chi connectivity index (χ1v) is 7.91. The lowest BCUT2D eigenvalue weighted by Gasteiger charge is -2.12. The molecule has 0 fully saturated rings. The topological polar surface area (TPSA) is 54.9 Å². The molecular formula is C17H30IN3O2. The molecule has 132 valence electrons. The minimum Gasteiger partial charge on any atom is -0.492 e. The van der Waals surface area contributed by atoms with Crippen LogP contribution in [0.15, 0.2) is 29.3 Å². The number of nitrogens with zero attached hydrogens (tertiary/aromatic N) is 1. The predicted molar refractivity (Wildman–Crippen MR) is 107 cm³/mol. The van der Waals surface area contributed by atoms with Crippen molar-refractivity contribution in [3.05, 3.63) is 29.8 Å². The van der Waals surface area contributed by atoms with Crippen LogP contribution in [0.25, 0.3) is 0 Å². The van der Waals surface area contributed by atoms with Gasteiger partial charge in [-0.25, -0.2) is 0 Å². The molecule has 0 radical (unpaired) electrons. The Labute approximate surface area is 157 Å². The molecule has 5 nitrogen and oxygen atoms in total. The van der Waals surface area contributed by atoms with Crippen LogP contribution >= 0.6 is 24.0 Å². The molecule has 1 aromatic carbocycles. The van der Waals surface area contributed by atoms with Gasteiger partial charge in [-0.1, -0.05) is 26.0 Å². The Balaban J connectivity index is 0.00000484. The molecule has 0 amide bonds. The Hall–Kier alpha value is -1.02. The Morgan fingerprint density at radius 1 is 1.13 bits per heavy atom. The summed E-state index contributed by atoms with van der Waals surface area (Å²) in [7, 11) is 1.67. The third kappa shape index (κ3) is 9.65. The van der Waals surface area contributed by atoms with E-state index in [1.807, 2.05) is 19.1 Å². The number of methoxy groups -OCH3 is 1. The Kier molecular flexibility index (Phi) is 12.8. The zero-order valence-electron chi connectivity index (χ0n) is 14.6. The van der Waals surface area contributed by atoms with Crippen LogP contribution in [0.2, 0.25) is 0 Å². The van der Waals surface area contributed by atoms with Gasteiger partial charge in [-0.15, -0.1) is 24.0 Å². The van der Waals surface area contributed by atoms with Gasteiger partial charge in [-0.05, 0) is 30.5 Å². The molecule has 1 aromatic rings. The molecule has 1 rings (SSSR count). The van der Waals surface area contributed by atoms with Crippen molar-refractivity contribution in [2.45, 2.75) is 26.7 Å². The van der Waals surface area contributed by atoms with Crippen molar-refractivity contribution in [1.29, 1.82) is 0 Å². The maximum Gasteiger partial charge on any atom is 0.191 e. The van der Waals surface area contributed by atoms with E-state index >= 15 is 0 Å². The quantitative estimate of drug-likeness (QED) is 0.271. The van der Waals surface area contributed by atoms with Gasteiger partial charge < -0.3 is 20.1 Å². The SMILES string of the molecule is CCNC(=NCCOC)NCCOc1ccc(C(C)C)cc1.I. The van der Waals surface area contributed by atoms with Gasteiger partial charge in [-0.2, -0.15) is 0 Å². The number of hydrogen-bond acceptors (Lipinski definition) is 3. The summed E-state index contributed by atoms with van der Waals surface area (Å²) >= 11 is 0.